The van der Waals surface area contributed by atoms with Gasteiger partial charge in [-0.3, -0.25) is 4.79 Å². The van der Waals surface area contributed by atoms with E-state index in [-0.39, 0.29) is 22.9 Å². The molecule has 2 heterocycles. The van der Waals surface area contributed by atoms with Crippen LogP contribution >= 0.6 is 27.3 Å². The summed E-state index contributed by atoms with van der Waals surface area (Å²) in [5.74, 6) is 0.152. The lowest BCUT2D eigenvalue weighted by molar-refractivity contribution is -0.0712. The van der Waals surface area contributed by atoms with E-state index in [1.165, 1.54) is 11.3 Å². The standard InChI is InChI=1S/C13H17BrO2S/c1-12(2)7-8(13(3,4)16-12)11(15)9-5-6-10(14)17-9/h5-6,8H,7H2,1-4H3. The fourth-order valence-corrected chi connectivity index (χ4v) is 3.97. The predicted octanol–water partition coefficient (Wildman–Crippen LogP) is 4.29. The monoisotopic (exact) mass is 316 g/mol. The van der Waals surface area contributed by atoms with Crippen molar-refractivity contribution in [2.24, 2.45) is 5.92 Å². The number of hydrogen-bond donors (Lipinski definition) is 0. The van der Waals surface area contributed by atoms with Crippen molar-refractivity contribution in [3.63, 3.8) is 0 Å². The summed E-state index contributed by atoms with van der Waals surface area (Å²) in [6, 6.07) is 3.81. The first-order valence-corrected chi connectivity index (χ1v) is 7.32. The summed E-state index contributed by atoms with van der Waals surface area (Å²) in [7, 11) is 0. The van der Waals surface area contributed by atoms with Gasteiger partial charge >= 0.3 is 0 Å². The van der Waals surface area contributed by atoms with Crippen LogP contribution in [0, 0.1) is 5.92 Å². The van der Waals surface area contributed by atoms with Gasteiger partial charge in [0.25, 0.3) is 0 Å². The number of rotatable bonds is 2. The Bertz CT molecular complexity index is 448. The Kier molecular flexibility index (Phi) is 3.26. The molecule has 94 valence electrons. The molecule has 0 radical (unpaired) electrons. The molecule has 0 amide bonds. The summed E-state index contributed by atoms with van der Waals surface area (Å²) in [6.07, 6.45) is 0.786. The zero-order valence-corrected chi connectivity index (χ0v) is 12.9. The van der Waals surface area contributed by atoms with Crippen LogP contribution < -0.4 is 0 Å². The third-order valence-corrected chi connectivity index (χ3v) is 4.84. The summed E-state index contributed by atoms with van der Waals surface area (Å²) in [5.41, 5.74) is -0.588. The highest BCUT2D eigenvalue weighted by Gasteiger charge is 2.49. The van der Waals surface area contributed by atoms with Gasteiger partial charge in [0.15, 0.2) is 5.78 Å². The van der Waals surface area contributed by atoms with E-state index in [1.54, 1.807) is 0 Å². The molecule has 2 nitrogen and oxygen atoms in total. The van der Waals surface area contributed by atoms with Crippen LogP contribution in [-0.2, 0) is 4.74 Å². The van der Waals surface area contributed by atoms with Gasteiger partial charge in [0.05, 0.1) is 25.8 Å². The number of ketones is 1. The molecule has 1 atom stereocenters. The number of carbonyl (C=O) groups is 1. The molecule has 4 heteroatoms. The SMILES string of the molecule is CC1(C)CC(C(=O)c2ccc(Br)s2)C(C)(C)O1. The second kappa shape index (κ2) is 4.18. The van der Waals surface area contributed by atoms with Crippen LogP contribution in [0.5, 0.6) is 0 Å². The molecule has 1 fully saturated rings. The summed E-state index contributed by atoms with van der Waals surface area (Å²) < 4.78 is 6.97. The third kappa shape index (κ3) is 2.64. The summed E-state index contributed by atoms with van der Waals surface area (Å²) >= 11 is 4.89. The number of halogens is 1. The van der Waals surface area contributed by atoms with Gasteiger partial charge in [-0.25, -0.2) is 0 Å². The van der Waals surface area contributed by atoms with Crippen molar-refractivity contribution in [2.75, 3.05) is 0 Å². The van der Waals surface area contributed by atoms with Crippen LogP contribution in [0.15, 0.2) is 15.9 Å². The highest BCUT2D eigenvalue weighted by molar-refractivity contribution is 9.11. The molecule has 0 N–H and O–H groups in total. The molecule has 1 unspecified atom stereocenters. The second-order valence-electron chi connectivity index (χ2n) is 5.69. The van der Waals surface area contributed by atoms with E-state index in [4.69, 9.17) is 4.74 Å². The Hall–Kier alpha value is -0.190. The lowest BCUT2D eigenvalue weighted by Crippen LogP contribution is -2.33. The highest BCUT2D eigenvalue weighted by Crippen LogP contribution is 2.44. The van der Waals surface area contributed by atoms with Crippen molar-refractivity contribution < 1.29 is 9.53 Å². The molecule has 17 heavy (non-hydrogen) atoms. The Morgan fingerprint density at radius 2 is 2.06 bits per heavy atom. The first kappa shape index (κ1) is 13.2. The van der Waals surface area contributed by atoms with Gasteiger partial charge < -0.3 is 4.74 Å². The Balaban J connectivity index is 2.26. The molecule has 0 saturated carbocycles. The minimum Gasteiger partial charge on any atom is -0.369 e. The predicted molar refractivity (Wildman–Crippen MR) is 73.7 cm³/mol. The van der Waals surface area contributed by atoms with E-state index >= 15 is 0 Å². The smallest absolute Gasteiger partial charge is 0.178 e. The van der Waals surface area contributed by atoms with Gasteiger partial charge in [-0.15, -0.1) is 11.3 Å². The molecule has 1 aliphatic heterocycles. The maximum atomic E-state index is 12.5. The van der Waals surface area contributed by atoms with E-state index in [1.807, 2.05) is 39.8 Å². The average Bonchev–Trinajstić information content (AvgIpc) is 2.66. The molecule has 2 rings (SSSR count). The van der Waals surface area contributed by atoms with Crippen LogP contribution in [0.4, 0.5) is 0 Å². The third-order valence-electron chi connectivity index (χ3n) is 3.21. The molecule has 1 aromatic heterocycles. The summed E-state index contributed by atoms with van der Waals surface area (Å²) in [4.78, 5) is 13.3. The van der Waals surface area contributed by atoms with Crippen molar-refractivity contribution in [1.29, 1.82) is 0 Å². The Labute approximate surface area is 114 Å². The van der Waals surface area contributed by atoms with Crippen molar-refractivity contribution in [2.45, 2.75) is 45.3 Å². The van der Waals surface area contributed by atoms with Crippen molar-refractivity contribution in [3.8, 4) is 0 Å². The molecular formula is C13H17BrO2S. The van der Waals surface area contributed by atoms with E-state index in [9.17, 15) is 4.79 Å². The topological polar surface area (TPSA) is 26.3 Å². The van der Waals surface area contributed by atoms with Gasteiger partial charge in [0, 0.05) is 0 Å². The van der Waals surface area contributed by atoms with Gasteiger partial charge in [-0.2, -0.15) is 0 Å². The molecule has 1 aromatic rings. The van der Waals surface area contributed by atoms with E-state index in [0.717, 1.165) is 15.1 Å². The van der Waals surface area contributed by atoms with Crippen molar-refractivity contribution in [1.82, 2.24) is 0 Å². The van der Waals surface area contributed by atoms with E-state index < -0.39 is 0 Å². The minimum absolute atomic E-state index is 0.0527. The average molecular weight is 317 g/mol. The minimum atomic E-state index is -0.378. The number of thiophene rings is 1. The van der Waals surface area contributed by atoms with Crippen molar-refractivity contribution >= 4 is 33.0 Å². The molecule has 0 bridgehead atoms. The van der Waals surface area contributed by atoms with Crippen LogP contribution in [0.25, 0.3) is 0 Å². The van der Waals surface area contributed by atoms with Crippen LogP contribution in [0.2, 0.25) is 0 Å². The molecular weight excluding hydrogens is 300 g/mol. The van der Waals surface area contributed by atoms with Gasteiger partial charge in [-0.05, 0) is 62.2 Å². The zero-order valence-electron chi connectivity index (χ0n) is 10.5. The molecule has 0 aliphatic carbocycles. The van der Waals surface area contributed by atoms with Crippen LogP contribution in [-0.4, -0.2) is 17.0 Å². The lowest BCUT2D eigenvalue weighted by Gasteiger charge is -2.26. The summed E-state index contributed by atoms with van der Waals surface area (Å²) in [5, 5.41) is 0. The van der Waals surface area contributed by atoms with Crippen molar-refractivity contribution in [3.05, 3.63) is 20.8 Å². The normalized spacial score (nSPS) is 26.1. The van der Waals surface area contributed by atoms with Crippen LogP contribution in [0.1, 0.15) is 43.8 Å². The fourth-order valence-electron chi connectivity index (χ4n) is 2.59. The molecule has 1 aliphatic rings. The molecule has 0 spiro atoms. The van der Waals surface area contributed by atoms with Gasteiger partial charge in [0.2, 0.25) is 0 Å². The fraction of sp³-hybridized carbons (Fsp3) is 0.615. The first-order valence-electron chi connectivity index (χ1n) is 5.71. The lowest BCUT2D eigenvalue weighted by atomic mass is 9.83. The van der Waals surface area contributed by atoms with E-state index in [0.29, 0.717) is 0 Å². The Morgan fingerprint density at radius 3 is 2.47 bits per heavy atom. The first-order chi connectivity index (χ1) is 7.71. The maximum Gasteiger partial charge on any atom is 0.178 e. The number of carbonyl (C=O) groups excluding carboxylic acids is 1. The highest BCUT2D eigenvalue weighted by atomic mass is 79.9. The van der Waals surface area contributed by atoms with E-state index in [2.05, 4.69) is 15.9 Å². The Morgan fingerprint density at radius 1 is 1.41 bits per heavy atom. The zero-order chi connectivity index (χ0) is 12.8. The van der Waals surface area contributed by atoms with Gasteiger partial charge in [-0.1, -0.05) is 0 Å². The van der Waals surface area contributed by atoms with Crippen LogP contribution in [0.3, 0.4) is 0 Å². The number of ether oxygens (including phenoxy) is 1. The van der Waals surface area contributed by atoms with Gasteiger partial charge in [0.1, 0.15) is 0 Å². The largest absolute Gasteiger partial charge is 0.369 e. The molecule has 1 saturated heterocycles. The molecule has 0 aromatic carbocycles. The number of hydrogen-bond acceptors (Lipinski definition) is 3. The number of Topliss-reactive ketones (excluding diaryl/α,β-unsaturated/α-hetero) is 1. The maximum absolute atomic E-state index is 12.5. The summed E-state index contributed by atoms with van der Waals surface area (Å²) in [6.45, 7) is 8.11. The second-order valence-corrected chi connectivity index (χ2v) is 8.15. The quantitative estimate of drug-likeness (QED) is 0.761.